The molecule has 2 unspecified atom stereocenters. The normalized spacial score (nSPS) is 46.0. The van der Waals surface area contributed by atoms with Crippen molar-refractivity contribution in [1.82, 2.24) is 4.90 Å². The summed E-state index contributed by atoms with van der Waals surface area (Å²) in [7, 11) is 2.30. The van der Waals surface area contributed by atoms with Crippen molar-refractivity contribution in [3.05, 3.63) is 11.6 Å². The molecule has 0 aromatic rings. The minimum Gasteiger partial charge on any atom is -0.296 e. The van der Waals surface area contributed by atoms with E-state index >= 15 is 0 Å². The first-order valence-electron chi connectivity index (χ1n) is 5.50. The van der Waals surface area contributed by atoms with Gasteiger partial charge in [0, 0.05) is 12.1 Å². The second-order valence-electron chi connectivity index (χ2n) is 4.89. The highest BCUT2D eigenvalue weighted by Crippen LogP contribution is 2.47. The van der Waals surface area contributed by atoms with Crippen LogP contribution in [0.15, 0.2) is 11.6 Å². The van der Waals surface area contributed by atoms with Gasteiger partial charge in [0.05, 0.1) is 0 Å². The van der Waals surface area contributed by atoms with E-state index in [2.05, 4.69) is 38.8 Å². The molecule has 1 nitrogen and oxygen atoms in total. The summed E-state index contributed by atoms with van der Waals surface area (Å²) in [6.45, 7) is 6.87. The molecule has 0 aromatic heterocycles. The highest BCUT2D eigenvalue weighted by Gasteiger charge is 2.47. The number of piperidine rings is 2. The molecule has 3 aliphatic rings. The van der Waals surface area contributed by atoms with Gasteiger partial charge in [-0.15, -0.1) is 0 Å². The molecule has 2 heterocycles. The summed E-state index contributed by atoms with van der Waals surface area (Å²) in [6, 6.07) is 1.61. The van der Waals surface area contributed by atoms with E-state index in [-0.39, 0.29) is 0 Å². The molecular weight excluding hydrogens is 158 g/mol. The lowest BCUT2D eigenvalue weighted by molar-refractivity contribution is -0.0441. The molecule has 2 bridgehead atoms. The van der Waals surface area contributed by atoms with Crippen LogP contribution < -0.4 is 0 Å². The van der Waals surface area contributed by atoms with E-state index in [0.717, 1.165) is 23.9 Å². The summed E-state index contributed by atoms with van der Waals surface area (Å²) in [5, 5.41) is 0. The maximum atomic E-state index is 2.60. The van der Waals surface area contributed by atoms with Crippen molar-refractivity contribution in [1.29, 1.82) is 0 Å². The van der Waals surface area contributed by atoms with Crippen LogP contribution in [0, 0.1) is 11.8 Å². The largest absolute Gasteiger partial charge is 0.296 e. The summed E-state index contributed by atoms with van der Waals surface area (Å²) in [6.07, 6.45) is 5.18. The van der Waals surface area contributed by atoms with Gasteiger partial charge in [-0.3, -0.25) is 4.90 Å². The zero-order valence-corrected chi connectivity index (χ0v) is 9.25. The van der Waals surface area contributed by atoms with E-state index in [1.54, 1.807) is 5.57 Å². The average molecular weight is 179 g/mol. The average Bonchev–Trinajstić information content (AvgIpc) is 2.00. The Balaban J connectivity index is 2.17. The van der Waals surface area contributed by atoms with Crippen LogP contribution in [0.25, 0.3) is 0 Å². The smallest absolute Gasteiger partial charge is 0.0332 e. The number of allylic oxidation sites excluding steroid dienone is 1. The van der Waals surface area contributed by atoms with Gasteiger partial charge in [-0.2, -0.15) is 0 Å². The third kappa shape index (κ3) is 1.25. The van der Waals surface area contributed by atoms with Gasteiger partial charge in [-0.1, -0.05) is 18.6 Å². The Kier molecular flexibility index (Phi) is 2.23. The van der Waals surface area contributed by atoms with Crippen LogP contribution in [-0.4, -0.2) is 24.0 Å². The number of likely N-dealkylation sites (N-methyl/N-ethyl adjacent to an activating group) is 1. The molecule has 0 radical (unpaired) electrons. The molecule has 3 rings (SSSR count). The predicted molar refractivity (Wildman–Crippen MR) is 56.7 cm³/mol. The van der Waals surface area contributed by atoms with E-state index in [9.17, 15) is 0 Å². The topological polar surface area (TPSA) is 3.24 Å². The summed E-state index contributed by atoms with van der Waals surface area (Å²) in [4.78, 5) is 2.60. The van der Waals surface area contributed by atoms with Crippen LogP contribution in [-0.2, 0) is 0 Å². The molecule has 0 aromatic carbocycles. The highest BCUT2D eigenvalue weighted by molar-refractivity contribution is 5.15. The standard InChI is InChI=1S/C12H21N/c1-5-8(2)12-9(3)10-6-11(7-10)13(12)4/h5,9-12H,6-7H2,1-4H3/b8-5+. The van der Waals surface area contributed by atoms with Crippen LogP contribution in [0.3, 0.4) is 0 Å². The predicted octanol–water partition coefficient (Wildman–Crippen LogP) is 2.68. The first kappa shape index (κ1) is 9.26. The summed E-state index contributed by atoms with van der Waals surface area (Å²) < 4.78 is 0. The molecule has 1 heteroatoms. The third-order valence-electron chi connectivity index (χ3n) is 4.33. The molecule has 1 saturated carbocycles. The molecule has 2 aliphatic heterocycles. The molecule has 74 valence electrons. The molecule has 3 fully saturated rings. The Morgan fingerprint density at radius 2 is 2.00 bits per heavy atom. The molecule has 0 N–H and O–H groups in total. The van der Waals surface area contributed by atoms with Crippen LogP contribution in [0.4, 0.5) is 0 Å². The minimum absolute atomic E-state index is 0.725. The fourth-order valence-corrected chi connectivity index (χ4v) is 3.15. The summed E-state index contributed by atoms with van der Waals surface area (Å²) >= 11 is 0. The molecule has 13 heavy (non-hydrogen) atoms. The van der Waals surface area contributed by atoms with Gasteiger partial charge in [0.2, 0.25) is 0 Å². The van der Waals surface area contributed by atoms with E-state index < -0.39 is 0 Å². The van der Waals surface area contributed by atoms with E-state index in [4.69, 9.17) is 0 Å². The van der Waals surface area contributed by atoms with Crippen LogP contribution in [0.1, 0.15) is 33.6 Å². The maximum absolute atomic E-state index is 2.60. The molecule has 2 atom stereocenters. The minimum atomic E-state index is 0.725. The van der Waals surface area contributed by atoms with Crippen molar-refractivity contribution in [3.63, 3.8) is 0 Å². The van der Waals surface area contributed by atoms with Gasteiger partial charge in [-0.25, -0.2) is 0 Å². The number of nitrogens with zero attached hydrogens (tertiary/aromatic N) is 1. The Morgan fingerprint density at radius 1 is 1.38 bits per heavy atom. The Hall–Kier alpha value is -0.300. The molecule has 0 spiro atoms. The molecule has 1 aliphatic carbocycles. The van der Waals surface area contributed by atoms with Gasteiger partial charge in [0.1, 0.15) is 0 Å². The van der Waals surface area contributed by atoms with Gasteiger partial charge < -0.3 is 0 Å². The van der Waals surface area contributed by atoms with Crippen molar-refractivity contribution in [3.8, 4) is 0 Å². The van der Waals surface area contributed by atoms with Crippen LogP contribution in [0.5, 0.6) is 0 Å². The zero-order chi connectivity index (χ0) is 9.59. The first-order chi connectivity index (χ1) is 6.15. The van der Waals surface area contributed by atoms with Crippen molar-refractivity contribution in [2.24, 2.45) is 11.8 Å². The van der Waals surface area contributed by atoms with E-state index in [1.807, 2.05) is 0 Å². The van der Waals surface area contributed by atoms with Gasteiger partial charge in [0.25, 0.3) is 0 Å². The van der Waals surface area contributed by atoms with Gasteiger partial charge in [0.15, 0.2) is 0 Å². The molecular formula is C12H21N. The lowest BCUT2D eigenvalue weighted by atomic mass is 9.64. The number of rotatable bonds is 1. The molecule has 0 amide bonds. The quantitative estimate of drug-likeness (QED) is 0.559. The van der Waals surface area contributed by atoms with E-state index in [0.29, 0.717) is 0 Å². The Bertz CT molecular complexity index is 211. The van der Waals surface area contributed by atoms with E-state index in [1.165, 1.54) is 12.8 Å². The lowest BCUT2D eigenvalue weighted by Crippen LogP contribution is -2.59. The Labute approximate surface area is 81.8 Å². The van der Waals surface area contributed by atoms with Gasteiger partial charge in [-0.05, 0) is 45.6 Å². The number of fused-ring (bicyclic) bond motifs is 2. The second-order valence-corrected chi connectivity index (χ2v) is 4.89. The van der Waals surface area contributed by atoms with Crippen molar-refractivity contribution in [2.75, 3.05) is 7.05 Å². The van der Waals surface area contributed by atoms with Crippen molar-refractivity contribution >= 4 is 0 Å². The van der Waals surface area contributed by atoms with Crippen LogP contribution >= 0.6 is 0 Å². The van der Waals surface area contributed by atoms with Gasteiger partial charge >= 0.3 is 0 Å². The zero-order valence-electron chi connectivity index (χ0n) is 9.25. The maximum Gasteiger partial charge on any atom is 0.0332 e. The highest BCUT2D eigenvalue weighted by atomic mass is 15.2. The fraction of sp³-hybridized carbons (Fsp3) is 0.833. The van der Waals surface area contributed by atoms with Crippen LogP contribution in [0.2, 0.25) is 0 Å². The fourth-order valence-electron chi connectivity index (χ4n) is 3.15. The number of hydrogen-bond donors (Lipinski definition) is 0. The van der Waals surface area contributed by atoms with Crippen molar-refractivity contribution in [2.45, 2.75) is 45.7 Å². The third-order valence-corrected chi connectivity index (χ3v) is 4.33. The molecule has 2 saturated heterocycles. The summed E-state index contributed by atoms with van der Waals surface area (Å²) in [5.41, 5.74) is 1.56. The second kappa shape index (κ2) is 3.13. The Morgan fingerprint density at radius 3 is 2.46 bits per heavy atom. The van der Waals surface area contributed by atoms with Crippen molar-refractivity contribution < 1.29 is 0 Å². The monoisotopic (exact) mass is 179 g/mol. The number of hydrogen-bond acceptors (Lipinski definition) is 1. The SMILES string of the molecule is C/C=C(\C)C1C(C)C2CC(C2)N1C. The lowest BCUT2D eigenvalue weighted by Gasteiger charge is -2.56. The first-order valence-corrected chi connectivity index (χ1v) is 5.50. The summed E-state index contributed by atoms with van der Waals surface area (Å²) in [5.74, 6) is 1.88.